The van der Waals surface area contributed by atoms with E-state index in [1.165, 1.54) is 0 Å². The molecule has 0 atom stereocenters. The lowest BCUT2D eigenvalue weighted by atomic mass is 10.1. The van der Waals surface area contributed by atoms with Gasteiger partial charge in [-0.05, 0) is 73.2 Å². The Labute approximate surface area is 216 Å². The number of methoxy groups -OCH3 is 1. The minimum Gasteiger partial charge on any atom is -0.497 e. The fraction of sp³-hybridized carbons (Fsp3) is 0.115. The van der Waals surface area contributed by atoms with Crippen LogP contribution in [0.5, 0.6) is 5.75 Å². The summed E-state index contributed by atoms with van der Waals surface area (Å²) in [5, 5.41) is 10.7. The first-order chi connectivity index (χ1) is 16.9. The first kappa shape index (κ1) is 23.4. The van der Waals surface area contributed by atoms with Gasteiger partial charge in [0.1, 0.15) is 5.75 Å². The van der Waals surface area contributed by atoms with Crippen LogP contribution in [0.4, 0.5) is 0 Å². The summed E-state index contributed by atoms with van der Waals surface area (Å²) in [6.07, 6.45) is 0.314. The van der Waals surface area contributed by atoms with E-state index in [4.69, 9.17) is 44.0 Å². The largest absolute Gasteiger partial charge is 0.497 e. The van der Waals surface area contributed by atoms with E-state index < -0.39 is 0 Å². The van der Waals surface area contributed by atoms with E-state index in [-0.39, 0.29) is 11.8 Å². The molecule has 0 bridgehead atoms. The number of fused-ring (bicyclic) bond motifs is 1. The number of carbonyl (C=O) groups is 1. The smallest absolute Gasteiger partial charge is 0.262 e. The zero-order valence-corrected chi connectivity index (χ0v) is 20.9. The molecule has 35 heavy (non-hydrogen) atoms. The molecule has 0 aliphatic carbocycles. The minimum absolute atomic E-state index is 0.167. The van der Waals surface area contributed by atoms with Crippen molar-refractivity contribution < 1.29 is 13.9 Å². The van der Waals surface area contributed by atoms with Crippen LogP contribution in [-0.2, 0) is 6.42 Å². The van der Waals surface area contributed by atoms with Crippen molar-refractivity contribution in [1.29, 1.82) is 0 Å². The van der Waals surface area contributed by atoms with Crippen LogP contribution in [0.2, 0.25) is 15.1 Å². The fourth-order valence-corrected chi connectivity index (χ4v) is 4.66. The molecule has 2 heterocycles. The first-order valence-electron chi connectivity index (χ1n) is 10.6. The Balaban J connectivity index is 1.59. The molecule has 0 aliphatic rings. The van der Waals surface area contributed by atoms with Gasteiger partial charge in [0.2, 0.25) is 11.8 Å². The van der Waals surface area contributed by atoms with Crippen molar-refractivity contribution in [3.63, 3.8) is 0 Å². The zero-order valence-electron chi connectivity index (χ0n) is 18.7. The summed E-state index contributed by atoms with van der Waals surface area (Å²) in [5.41, 5.74) is 3.50. The SMILES string of the molecule is COc1ccc2c(c1)c(Cc1nnc(-c3ccc(Cl)cc3Cl)o1)c(C)n2C(=O)c1ccc(Cl)cc1. The van der Waals surface area contributed by atoms with Crippen molar-refractivity contribution in [3.8, 4) is 17.2 Å². The number of carbonyl (C=O) groups excluding carboxylic acids is 1. The monoisotopic (exact) mass is 525 g/mol. The molecular formula is C26H18Cl3N3O3. The highest BCUT2D eigenvalue weighted by Gasteiger charge is 2.22. The van der Waals surface area contributed by atoms with Crippen molar-refractivity contribution in [2.75, 3.05) is 7.11 Å². The Kier molecular flexibility index (Phi) is 6.28. The summed E-state index contributed by atoms with van der Waals surface area (Å²) in [6.45, 7) is 1.89. The second-order valence-corrected chi connectivity index (χ2v) is 9.18. The van der Waals surface area contributed by atoms with Gasteiger partial charge in [0.15, 0.2) is 0 Å². The standard InChI is InChI=1S/C26H18Cl3N3O3/c1-14-20(13-24-30-31-25(35-24)19-9-7-17(28)11-22(19)29)21-12-18(34-2)8-10-23(21)32(14)26(33)15-3-5-16(27)6-4-15/h3-12H,13H2,1-2H3. The highest BCUT2D eigenvalue weighted by molar-refractivity contribution is 6.36. The summed E-state index contributed by atoms with van der Waals surface area (Å²) in [7, 11) is 1.60. The molecule has 0 amide bonds. The maximum absolute atomic E-state index is 13.5. The molecule has 6 nitrogen and oxygen atoms in total. The summed E-state index contributed by atoms with van der Waals surface area (Å²) < 4.78 is 13.0. The van der Waals surface area contributed by atoms with Crippen LogP contribution in [0.15, 0.2) is 65.1 Å². The molecule has 5 rings (SSSR count). The molecule has 176 valence electrons. The lowest BCUT2D eigenvalue weighted by Gasteiger charge is -2.08. The van der Waals surface area contributed by atoms with Crippen LogP contribution in [0.25, 0.3) is 22.4 Å². The van der Waals surface area contributed by atoms with E-state index in [9.17, 15) is 4.79 Å². The topological polar surface area (TPSA) is 70.2 Å². The van der Waals surface area contributed by atoms with Crippen LogP contribution in [0.1, 0.15) is 27.5 Å². The number of halogens is 3. The van der Waals surface area contributed by atoms with Gasteiger partial charge in [0.05, 0.1) is 29.6 Å². The maximum atomic E-state index is 13.5. The molecule has 0 N–H and O–H groups in total. The van der Waals surface area contributed by atoms with Gasteiger partial charge in [-0.1, -0.05) is 34.8 Å². The Bertz CT molecular complexity index is 1570. The van der Waals surface area contributed by atoms with Crippen LogP contribution < -0.4 is 4.74 Å². The van der Waals surface area contributed by atoms with Crippen molar-refractivity contribution in [1.82, 2.24) is 14.8 Å². The van der Waals surface area contributed by atoms with E-state index in [0.29, 0.717) is 44.3 Å². The van der Waals surface area contributed by atoms with Crippen molar-refractivity contribution >= 4 is 51.6 Å². The molecule has 3 aromatic carbocycles. The molecule has 0 saturated heterocycles. The Hall–Kier alpha value is -3.32. The number of benzene rings is 3. The molecule has 5 aromatic rings. The highest BCUT2D eigenvalue weighted by atomic mass is 35.5. The van der Waals surface area contributed by atoms with Crippen molar-refractivity contribution in [3.05, 3.63) is 98.4 Å². The molecule has 0 fully saturated rings. The molecular weight excluding hydrogens is 509 g/mol. The van der Waals surface area contributed by atoms with Crippen LogP contribution >= 0.6 is 34.8 Å². The van der Waals surface area contributed by atoms with Gasteiger partial charge >= 0.3 is 0 Å². The molecule has 0 saturated carbocycles. The van der Waals surface area contributed by atoms with Gasteiger partial charge < -0.3 is 9.15 Å². The van der Waals surface area contributed by atoms with Gasteiger partial charge in [-0.2, -0.15) is 0 Å². The summed E-state index contributed by atoms with van der Waals surface area (Å²) in [5.74, 6) is 1.18. The lowest BCUT2D eigenvalue weighted by molar-refractivity contribution is 0.0963. The maximum Gasteiger partial charge on any atom is 0.262 e. The van der Waals surface area contributed by atoms with Gasteiger partial charge in [-0.3, -0.25) is 9.36 Å². The number of aromatic nitrogens is 3. The lowest BCUT2D eigenvalue weighted by Crippen LogP contribution is -2.13. The third-order valence-corrected chi connectivity index (χ3v) is 6.59. The quantitative estimate of drug-likeness (QED) is 0.241. The average Bonchev–Trinajstić information content (AvgIpc) is 3.41. The van der Waals surface area contributed by atoms with Crippen molar-refractivity contribution in [2.45, 2.75) is 13.3 Å². The van der Waals surface area contributed by atoms with E-state index in [2.05, 4.69) is 10.2 Å². The van der Waals surface area contributed by atoms with E-state index in [1.807, 2.05) is 25.1 Å². The predicted molar refractivity (Wildman–Crippen MR) is 137 cm³/mol. The molecule has 0 spiro atoms. The van der Waals surface area contributed by atoms with Crippen molar-refractivity contribution in [2.24, 2.45) is 0 Å². The van der Waals surface area contributed by atoms with Gasteiger partial charge in [-0.25, -0.2) is 0 Å². The number of nitrogens with zero attached hydrogens (tertiary/aromatic N) is 3. The summed E-state index contributed by atoms with van der Waals surface area (Å²) in [4.78, 5) is 13.5. The first-order valence-corrected chi connectivity index (χ1v) is 11.7. The molecule has 2 aromatic heterocycles. The Morgan fingerprint density at radius 3 is 2.43 bits per heavy atom. The third-order valence-electron chi connectivity index (χ3n) is 5.79. The predicted octanol–water partition coefficient (Wildman–Crippen LogP) is 7.25. The fourth-order valence-electron chi connectivity index (χ4n) is 4.04. The van der Waals surface area contributed by atoms with E-state index in [1.54, 1.807) is 54.1 Å². The molecule has 0 aliphatic heterocycles. The highest BCUT2D eigenvalue weighted by Crippen LogP contribution is 2.33. The molecule has 0 radical (unpaired) electrons. The van der Waals surface area contributed by atoms with Crippen LogP contribution in [0.3, 0.4) is 0 Å². The van der Waals surface area contributed by atoms with Gasteiger partial charge in [0, 0.05) is 26.7 Å². The third kappa shape index (κ3) is 4.41. The second-order valence-electron chi connectivity index (χ2n) is 7.90. The number of ether oxygens (including phenoxy) is 1. The number of hydrogen-bond acceptors (Lipinski definition) is 5. The Morgan fingerprint density at radius 1 is 0.971 bits per heavy atom. The normalized spacial score (nSPS) is 11.2. The minimum atomic E-state index is -0.167. The van der Waals surface area contributed by atoms with Crippen LogP contribution in [-0.4, -0.2) is 27.8 Å². The van der Waals surface area contributed by atoms with E-state index in [0.717, 1.165) is 22.2 Å². The summed E-state index contributed by atoms with van der Waals surface area (Å²) in [6, 6.07) is 17.5. The van der Waals surface area contributed by atoms with E-state index >= 15 is 0 Å². The summed E-state index contributed by atoms with van der Waals surface area (Å²) >= 11 is 18.3. The molecule has 9 heteroatoms. The second kappa shape index (κ2) is 9.38. The van der Waals surface area contributed by atoms with Gasteiger partial charge in [-0.15, -0.1) is 10.2 Å². The van der Waals surface area contributed by atoms with Crippen LogP contribution in [0, 0.1) is 6.92 Å². The number of hydrogen-bond donors (Lipinski definition) is 0. The molecule has 0 unspecified atom stereocenters. The number of rotatable bonds is 5. The zero-order chi connectivity index (χ0) is 24.7. The Morgan fingerprint density at radius 2 is 1.71 bits per heavy atom. The van der Waals surface area contributed by atoms with Gasteiger partial charge in [0.25, 0.3) is 5.91 Å². The average molecular weight is 527 g/mol.